The maximum atomic E-state index is 12.4. The highest BCUT2D eigenvalue weighted by Crippen LogP contribution is 2.16. The van der Waals surface area contributed by atoms with Gasteiger partial charge >= 0.3 is 0 Å². The van der Waals surface area contributed by atoms with Gasteiger partial charge in [-0.1, -0.05) is 18.6 Å². The smallest absolute Gasteiger partial charge is 0.227 e. The molecule has 1 aromatic rings. The van der Waals surface area contributed by atoms with E-state index < -0.39 is 0 Å². The number of rotatable bonds is 5. The van der Waals surface area contributed by atoms with E-state index in [9.17, 15) is 4.79 Å². The van der Waals surface area contributed by atoms with Gasteiger partial charge in [-0.3, -0.25) is 9.78 Å². The summed E-state index contributed by atoms with van der Waals surface area (Å²) in [4.78, 5) is 16.6. The molecule has 2 rings (SSSR count). The minimum Gasteiger partial charge on any atom is -0.329 e. The second-order valence-electron chi connectivity index (χ2n) is 5.66. The zero-order valence-corrected chi connectivity index (χ0v) is 13.0. The lowest BCUT2D eigenvalue weighted by atomic mass is 9.96. The number of pyridine rings is 1. The molecule has 4 nitrogen and oxygen atoms in total. The van der Waals surface area contributed by atoms with Crippen LogP contribution in [0, 0.1) is 5.92 Å². The highest BCUT2D eigenvalue weighted by molar-refractivity contribution is 5.80. The summed E-state index contributed by atoms with van der Waals surface area (Å²) in [6, 6.07) is 3.98. The number of amides is 1. The van der Waals surface area contributed by atoms with Gasteiger partial charge < -0.3 is 10.6 Å². The fraction of sp³-hybridized carbons (Fsp3) is 0.529. The van der Waals surface area contributed by atoms with E-state index in [-0.39, 0.29) is 11.8 Å². The largest absolute Gasteiger partial charge is 0.329 e. The molecule has 0 radical (unpaired) electrons. The molecule has 0 spiro atoms. The van der Waals surface area contributed by atoms with Crippen LogP contribution in [0.25, 0.3) is 0 Å². The molecule has 0 bridgehead atoms. The first kappa shape index (κ1) is 15.7. The van der Waals surface area contributed by atoms with E-state index in [2.05, 4.69) is 29.5 Å². The van der Waals surface area contributed by atoms with Gasteiger partial charge in [0.1, 0.15) is 0 Å². The van der Waals surface area contributed by atoms with Gasteiger partial charge in [0.25, 0.3) is 0 Å². The van der Waals surface area contributed by atoms with Gasteiger partial charge in [0.15, 0.2) is 0 Å². The molecule has 1 amide bonds. The van der Waals surface area contributed by atoms with Crippen LogP contribution in [0.2, 0.25) is 0 Å². The summed E-state index contributed by atoms with van der Waals surface area (Å²) < 4.78 is 0. The van der Waals surface area contributed by atoms with Crippen molar-refractivity contribution in [2.24, 2.45) is 5.92 Å². The van der Waals surface area contributed by atoms with Crippen molar-refractivity contribution in [3.8, 4) is 0 Å². The van der Waals surface area contributed by atoms with Crippen molar-refractivity contribution in [1.29, 1.82) is 0 Å². The standard InChI is InChI=1S/C17H25N3O/c1-3-13(2)16(11-14-5-4-8-19-12-14)20-17(21)15-6-9-18-10-7-15/h4-5,8,12,15,18H,3,6-7,9-11H2,1-2H3,(H,20,21). The third-order valence-corrected chi connectivity index (χ3v) is 4.13. The first-order chi connectivity index (χ1) is 10.2. The minimum atomic E-state index is 0.139. The Bertz CT molecular complexity index is 490. The van der Waals surface area contributed by atoms with E-state index in [0.29, 0.717) is 0 Å². The van der Waals surface area contributed by atoms with Crippen molar-refractivity contribution in [2.75, 3.05) is 13.1 Å². The monoisotopic (exact) mass is 287 g/mol. The van der Waals surface area contributed by atoms with Crippen LogP contribution in [-0.4, -0.2) is 24.0 Å². The summed E-state index contributed by atoms with van der Waals surface area (Å²) >= 11 is 0. The molecule has 1 saturated heterocycles. The van der Waals surface area contributed by atoms with Gasteiger partial charge in [-0.2, -0.15) is 0 Å². The molecule has 1 aliphatic rings. The number of hydrogen-bond acceptors (Lipinski definition) is 3. The van der Waals surface area contributed by atoms with Crippen LogP contribution in [-0.2, 0) is 11.2 Å². The number of carbonyl (C=O) groups is 1. The summed E-state index contributed by atoms with van der Waals surface area (Å²) in [5, 5.41) is 6.47. The first-order valence-electron chi connectivity index (χ1n) is 7.79. The molecule has 21 heavy (non-hydrogen) atoms. The van der Waals surface area contributed by atoms with Gasteiger partial charge in [0.2, 0.25) is 5.91 Å². The van der Waals surface area contributed by atoms with Gasteiger partial charge in [0, 0.05) is 30.4 Å². The van der Waals surface area contributed by atoms with E-state index in [1.54, 1.807) is 6.20 Å². The third kappa shape index (κ3) is 4.67. The van der Waals surface area contributed by atoms with Gasteiger partial charge in [-0.15, -0.1) is 0 Å². The molecular weight excluding hydrogens is 262 g/mol. The Morgan fingerprint density at radius 3 is 2.81 bits per heavy atom. The summed E-state index contributed by atoms with van der Waals surface area (Å²) in [6.07, 6.45) is 7.17. The topological polar surface area (TPSA) is 54.0 Å². The molecule has 1 aromatic heterocycles. The molecule has 114 valence electrons. The van der Waals surface area contributed by atoms with E-state index >= 15 is 0 Å². The van der Waals surface area contributed by atoms with Crippen LogP contribution in [0.4, 0.5) is 0 Å². The predicted molar refractivity (Wildman–Crippen MR) is 84.7 cm³/mol. The fourth-order valence-electron chi connectivity index (χ4n) is 2.56. The molecule has 0 saturated carbocycles. The molecule has 0 unspecified atom stereocenters. The lowest BCUT2D eigenvalue weighted by molar-refractivity contribution is -0.125. The molecule has 1 fully saturated rings. The van der Waals surface area contributed by atoms with Crippen LogP contribution in [0.3, 0.4) is 0 Å². The zero-order chi connectivity index (χ0) is 15.1. The summed E-state index contributed by atoms with van der Waals surface area (Å²) in [5.74, 6) is 0.308. The van der Waals surface area contributed by atoms with Gasteiger partial charge in [0.05, 0.1) is 0 Å². The molecule has 1 aliphatic heterocycles. The summed E-state index contributed by atoms with van der Waals surface area (Å²) in [7, 11) is 0. The number of nitrogens with one attached hydrogen (secondary N) is 2. The Hall–Kier alpha value is -1.68. The Balaban J connectivity index is 2.05. The van der Waals surface area contributed by atoms with E-state index in [4.69, 9.17) is 0 Å². The number of aromatic nitrogens is 1. The Morgan fingerprint density at radius 1 is 1.43 bits per heavy atom. The predicted octanol–water partition coefficient (Wildman–Crippen LogP) is 2.42. The Morgan fingerprint density at radius 2 is 2.19 bits per heavy atom. The highest BCUT2D eigenvalue weighted by atomic mass is 16.1. The normalized spacial score (nSPS) is 17.2. The summed E-state index contributed by atoms with van der Waals surface area (Å²) in [5.41, 5.74) is 3.40. The van der Waals surface area contributed by atoms with Crippen LogP contribution >= 0.6 is 0 Å². The minimum absolute atomic E-state index is 0.139. The number of carbonyl (C=O) groups excluding carboxylic acids is 1. The lowest BCUT2D eigenvalue weighted by Crippen LogP contribution is -2.38. The fourth-order valence-corrected chi connectivity index (χ4v) is 2.56. The van der Waals surface area contributed by atoms with Crippen molar-refractivity contribution in [3.63, 3.8) is 0 Å². The second kappa shape index (κ2) is 7.93. The van der Waals surface area contributed by atoms with Crippen LogP contribution in [0.5, 0.6) is 0 Å². The first-order valence-corrected chi connectivity index (χ1v) is 7.79. The maximum absolute atomic E-state index is 12.4. The van der Waals surface area contributed by atoms with Crippen molar-refractivity contribution in [2.45, 2.75) is 39.5 Å². The number of allylic oxidation sites excluding steroid dienone is 2. The average molecular weight is 287 g/mol. The molecule has 2 N–H and O–H groups in total. The van der Waals surface area contributed by atoms with Gasteiger partial charge in [-0.05, 0) is 50.9 Å². The van der Waals surface area contributed by atoms with Crippen molar-refractivity contribution >= 4 is 5.91 Å². The number of hydrogen-bond donors (Lipinski definition) is 2. The number of piperidine rings is 1. The van der Waals surface area contributed by atoms with Crippen LogP contribution in [0.15, 0.2) is 35.8 Å². The Kier molecular flexibility index (Phi) is 5.93. The molecule has 2 heterocycles. The molecule has 0 atom stereocenters. The molecule has 0 aromatic carbocycles. The second-order valence-corrected chi connectivity index (χ2v) is 5.66. The number of nitrogens with zero attached hydrogens (tertiary/aromatic N) is 1. The highest BCUT2D eigenvalue weighted by Gasteiger charge is 2.21. The maximum Gasteiger partial charge on any atom is 0.227 e. The van der Waals surface area contributed by atoms with E-state index in [0.717, 1.165) is 50.0 Å². The Labute approximate surface area is 127 Å². The van der Waals surface area contributed by atoms with Gasteiger partial charge in [-0.25, -0.2) is 0 Å². The van der Waals surface area contributed by atoms with E-state index in [1.807, 2.05) is 18.3 Å². The molecule has 4 heteroatoms. The lowest BCUT2D eigenvalue weighted by Gasteiger charge is -2.23. The van der Waals surface area contributed by atoms with Crippen molar-refractivity contribution in [3.05, 3.63) is 41.4 Å². The zero-order valence-electron chi connectivity index (χ0n) is 13.0. The third-order valence-electron chi connectivity index (χ3n) is 4.13. The van der Waals surface area contributed by atoms with Crippen molar-refractivity contribution < 1.29 is 4.79 Å². The summed E-state index contributed by atoms with van der Waals surface area (Å²) in [6.45, 7) is 6.09. The molecular formula is C17H25N3O. The van der Waals surface area contributed by atoms with Crippen molar-refractivity contribution in [1.82, 2.24) is 15.6 Å². The van der Waals surface area contributed by atoms with Crippen LogP contribution in [0.1, 0.15) is 38.7 Å². The quantitative estimate of drug-likeness (QED) is 0.874. The van der Waals surface area contributed by atoms with E-state index in [1.165, 1.54) is 5.57 Å². The van der Waals surface area contributed by atoms with Crippen LogP contribution < -0.4 is 10.6 Å². The molecule has 0 aliphatic carbocycles. The average Bonchev–Trinajstić information content (AvgIpc) is 2.55. The SMILES string of the molecule is CCC(C)=C(Cc1cccnc1)NC(=O)C1CCNCC1.